The second-order valence-corrected chi connectivity index (χ2v) is 8.10. The molecule has 0 aliphatic rings. The molecule has 0 aliphatic heterocycles. The fourth-order valence-electron chi connectivity index (χ4n) is 3.57. The van der Waals surface area contributed by atoms with E-state index in [1.165, 1.54) is 50.1 Å². The number of imidazole rings is 1. The number of pyridine rings is 1. The summed E-state index contributed by atoms with van der Waals surface area (Å²) >= 11 is 0. The Morgan fingerprint density at radius 3 is 2.42 bits per heavy atom. The molecule has 2 N–H and O–H groups in total. The van der Waals surface area contributed by atoms with Crippen LogP contribution in [0.4, 0.5) is 19.0 Å². The Labute approximate surface area is 211 Å². The zero-order chi connectivity index (χ0) is 27.8. The number of alkyl halides is 3. The molecule has 2 amide bonds. The summed E-state index contributed by atoms with van der Waals surface area (Å²) < 4.78 is 41.3. The van der Waals surface area contributed by atoms with Crippen molar-refractivity contribution in [3.63, 3.8) is 0 Å². The van der Waals surface area contributed by atoms with E-state index in [4.69, 9.17) is 0 Å². The highest BCUT2D eigenvalue weighted by molar-refractivity contribution is 5.93. The molecule has 0 saturated carbocycles. The van der Waals surface area contributed by atoms with Crippen LogP contribution in [0, 0.1) is 0 Å². The van der Waals surface area contributed by atoms with Crippen molar-refractivity contribution in [1.82, 2.24) is 39.0 Å². The largest absolute Gasteiger partial charge is 0.451 e. The number of rotatable bonds is 6. The number of hydrogen-bond acceptors (Lipinski definition) is 8. The van der Waals surface area contributed by atoms with E-state index in [9.17, 15) is 32.3 Å². The minimum absolute atomic E-state index is 0.0234. The highest BCUT2D eigenvalue weighted by Gasteiger charge is 2.34. The summed E-state index contributed by atoms with van der Waals surface area (Å²) in [7, 11) is 2.74. The molecule has 13 nitrogen and oxygen atoms in total. The maximum atomic E-state index is 13.1. The third-order valence-electron chi connectivity index (χ3n) is 5.64. The van der Waals surface area contributed by atoms with Crippen LogP contribution in [0.25, 0.3) is 22.4 Å². The van der Waals surface area contributed by atoms with Crippen LogP contribution < -0.4 is 21.9 Å². The SMILES string of the molecule is CNC(=O)Cn1c(=O)c2c(ncn2C(C)C(=O)Nc2cccc(-c3cnc(C(F)(F)F)nc3)n2)n(C)c1=O. The van der Waals surface area contributed by atoms with Gasteiger partial charge in [0, 0.05) is 32.1 Å². The number of amides is 2. The topological polar surface area (TPSA) is 159 Å². The lowest BCUT2D eigenvalue weighted by molar-refractivity contribution is -0.145. The summed E-state index contributed by atoms with van der Waals surface area (Å²) in [6.07, 6.45) is -1.52. The number of anilines is 1. The molecule has 0 radical (unpaired) electrons. The van der Waals surface area contributed by atoms with Crippen molar-refractivity contribution in [2.45, 2.75) is 25.7 Å². The summed E-state index contributed by atoms with van der Waals surface area (Å²) in [5.74, 6) is -2.39. The average molecular weight is 531 g/mol. The monoisotopic (exact) mass is 531 g/mol. The van der Waals surface area contributed by atoms with Gasteiger partial charge in [0.1, 0.15) is 18.4 Å². The molecule has 0 spiro atoms. The molecular weight excluding hydrogens is 511 g/mol. The molecule has 0 fully saturated rings. The van der Waals surface area contributed by atoms with Gasteiger partial charge in [-0.25, -0.2) is 29.3 Å². The van der Waals surface area contributed by atoms with Gasteiger partial charge in [0.15, 0.2) is 11.2 Å². The van der Waals surface area contributed by atoms with Crippen LogP contribution in [0.3, 0.4) is 0 Å². The summed E-state index contributed by atoms with van der Waals surface area (Å²) in [5.41, 5.74) is -1.19. The first-order valence-corrected chi connectivity index (χ1v) is 11.0. The number of fused-ring (bicyclic) bond motifs is 1. The number of hydrogen-bond donors (Lipinski definition) is 2. The van der Waals surface area contributed by atoms with E-state index in [-0.39, 0.29) is 28.2 Å². The molecular formula is C22H20F3N9O4. The minimum atomic E-state index is -4.69. The molecule has 4 aromatic heterocycles. The van der Waals surface area contributed by atoms with Crippen LogP contribution in [-0.4, -0.2) is 52.5 Å². The third kappa shape index (κ3) is 4.87. The van der Waals surface area contributed by atoms with Crippen molar-refractivity contribution in [3.8, 4) is 11.3 Å². The number of carbonyl (C=O) groups excluding carboxylic acids is 2. The summed E-state index contributed by atoms with van der Waals surface area (Å²) in [5, 5.41) is 4.92. The Balaban J connectivity index is 1.63. The molecule has 0 aliphatic carbocycles. The summed E-state index contributed by atoms with van der Waals surface area (Å²) in [6.45, 7) is 0.964. The standard InChI is InChI=1S/C22H20F3N9O4/c1-11(34-10-29-17-16(34)19(37)33(9-15(35)26-2)21(38)32(17)3)18(36)31-14-6-4-5-13(30-14)12-7-27-20(28-8-12)22(23,24)25/h4-8,10-11H,9H2,1-3H3,(H,26,35)(H,30,31,36). The lowest BCUT2D eigenvalue weighted by Crippen LogP contribution is -2.43. The first kappa shape index (κ1) is 26.2. The van der Waals surface area contributed by atoms with Crippen molar-refractivity contribution < 1.29 is 22.8 Å². The number of halogens is 3. The van der Waals surface area contributed by atoms with E-state index in [1.807, 2.05) is 0 Å². The fraction of sp³-hybridized carbons (Fsp3) is 0.273. The number of carbonyl (C=O) groups is 2. The maximum absolute atomic E-state index is 13.1. The van der Waals surface area contributed by atoms with E-state index < -0.39 is 47.7 Å². The van der Waals surface area contributed by atoms with E-state index in [1.54, 1.807) is 0 Å². The third-order valence-corrected chi connectivity index (χ3v) is 5.64. The van der Waals surface area contributed by atoms with Crippen molar-refractivity contribution in [3.05, 3.63) is 63.6 Å². The van der Waals surface area contributed by atoms with Gasteiger partial charge in [-0.05, 0) is 19.1 Å². The quantitative estimate of drug-likeness (QED) is 0.368. The zero-order valence-electron chi connectivity index (χ0n) is 20.1. The molecule has 0 aromatic carbocycles. The molecule has 1 atom stereocenters. The Morgan fingerprint density at radius 2 is 1.79 bits per heavy atom. The van der Waals surface area contributed by atoms with E-state index >= 15 is 0 Å². The van der Waals surface area contributed by atoms with Crippen molar-refractivity contribution in [1.29, 1.82) is 0 Å². The first-order chi connectivity index (χ1) is 17.9. The minimum Gasteiger partial charge on any atom is -0.358 e. The highest BCUT2D eigenvalue weighted by atomic mass is 19.4. The maximum Gasteiger partial charge on any atom is 0.451 e. The molecule has 4 aromatic rings. The van der Waals surface area contributed by atoms with Gasteiger partial charge in [-0.15, -0.1) is 0 Å². The van der Waals surface area contributed by atoms with Gasteiger partial charge in [-0.3, -0.25) is 19.0 Å². The summed E-state index contributed by atoms with van der Waals surface area (Å²) in [6, 6.07) is 3.48. The predicted molar refractivity (Wildman–Crippen MR) is 127 cm³/mol. The van der Waals surface area contributed by atoms with Gasteiger partial charge in [0.05, 0.1) is 12.0 Å². The second kappa shape index (κ2) is 9.87. The number of nitrogens with zero attached hydrogens (tertiary/aromatic N) is 7. The van der Waals surface area contributed by atoms with Gasteiger partial charge in [0.2, 0.25) is 17.6 Å². The smallest absolute Gasteiger partial charge is 0.358 e. The Kier molecular flexibility index (Phi) is 6.80. The van der Waals surface area contributed by atoms with Gasteiger partial charge in [-0.2, -0.15) is 13.2 Å². The molecule has 0 bridgehead atoms. The van der Waals surface area contributed by atoms with E-state index in [0.29, 0.717) is 0 Å². The average Bonchev–Trinajstić information content (AvgIpc) is 3.34. The van der Waals surface area contributed by atoms with Crippen LogP contribution in [0.15, 0.2) is 46.5 Å². The van der Waals surface area contributed by atoms with Crippen molar-refractivity contribution in [2.24, 2.45) is 7.05 Å². The van der Waals surface area contributed by atoms with E-state index in [0.717, 1.165) is 21.5 Å². The number of aryl methyl sites for hydroxylation is 1. The number of likely N-dealkylation sites (N-methyl/N-ethyl adjacent to an activating group) is 1. The van der Waals surface area contributed by atoms with Gasteiger partial charge in [0.25, 0.3) is 5.56 Å². The summed E-state index contributed by atoms with van der Waals surface area (Å²) in [4.78, 5) is 65.4. The molecule has 4 rings (SSSR count). The predicted octanol–water partition coefficient (Wildman–Crippen LogP) is 0.713. The number of aromatic nitrogens is 7. The van der Waals surface area contributed by atoms with Crippen molar-refractivity contribution in [2.75, 3.05) is 12.4 Å². The number of nitrogens with one attached hydrogen (secondary N) is 2. The Morgan fingerprint density at radius 1 is 1.11 bits per heavy atom. The molecule has 38 heavy (non-hydrogen) atoms. The molecule has 4 heterocycles. The molecule has 16 heteroatoms. The lowest BCUT2D eigenvalue weighted by atomic mass is 10.2. The van der Waals surface area contributed by atoms with E-state index in [2.05, 4.69) is 30.6 Å². The molecule has 1 unspecified atom stereocenters. The van der Waals surface area contributed by atoms with Gasteiger partial charge in [-0.1, -0.05) is 6.07 Å². The van der Waals surface area contributed by atoms with Crippen LogP contribution in [-0.2, 0) is 29.4 Å². The fourth-order valence-corrected chi connectivity index (χ4v) is 3.57. The first-order valence-electron chi connectivity index (χ1n) is 11.0. The molecule has 0 saturated heterocycles. The molecule has 198 valence electrons. The Hall–Kier alpha value is -4.89. The van der Waals surface area contributed by atoms with Crippen LogP contribution in [0.1, 0.15) is 18.8 Å². The Bertz CT molecular complexity index is 1660. The van der Waals surface area contributed by atoms with Gasteiger partial charge < -0.3 is 15.2 Å². The second-order valence-electron chi connectivity index (χ2n) is 8.10. The van der Waals surface area contributed by atoms with Crippen LogP contribution in [0.5, 0.6) is 0 Å². The zero-order valence-corrected chi connectivity index (χ0v) is 20.1. The van der Waals surface area contributed by atoms with Crippen LogP contribution >= 0.6 is 0 Å². The highest BCUT2D eigenvalue weighted by Crippen LogP contribution is 2.27. The van der Waals surface area contributed by atoms with Crippen molar-refractivity contribution >= 4 is 28.8 Å². The van der Waals surface area contributed by atoms with Crippen LogP contribution in [0.2, 0.25) is 0 Å². The lowest BCUT2D eigenvalue weighted by Gasteiger charge is -2.15. The van der Waals surface area contributed by atoms with Gasteiger partial charge >= 0.3 is 11.9 Å². The normalized spacial score (nSPS) is 12.4.